The molecule has 1 atom stereocenters. The zero-order valence-corrected chi connectivity index (χ0v) is 15.0. The molecule has 1 aliphatic rings. The first kappa shape index (κ1) is 16.4. The lowest BCUT2D eigenvalue weighted by molar-refractivity contribution is 0.0829. The lowest BCUT2D eigenvalue weighted by atomic mass is 9.99. The van der Waals surface area contributed by atoms with Gasteiger partial charge in [0.2, 0.25) is 5.95 Å². The molecule has 0 aliphatic carbocycles. The van der Waals surface area contributed by atoms with Crippen LogP contribution in [-0.4, -0.2) is 52.9 Å². The molecule has 132 valence electrons. The molecule has 3 aromatic rings. The SMILES string of the molecule is CN(C)C(=O)c1cc(C2CCN(c3ncccn3)C2)nc2ccccc12. The number of hydrogen-bond donors (Lipinski definition) is 0. The largest absolute Gasteiger partial charge is 0.345 e. The molecule has 3 heterocycles. The molecule has 6 heteroatoms. The van der Waals surface area contributed by atoms with Gasteiger partial charge in [-0.1, -0.05) is 18.2 Å². The standard InChI is InChI=1S/C20H21N5O/c1-24(2)19(26)16-12-18(23-17-7-4-3-6-15(16)17)14-8-11-25(13-14)20-21-9-5-10-22-20/h3-7,9-10,12,14H,8,11,13H2,1-2H3. The number of amides is 1. The Labute approximate surface area is 152 Å². The molecule has 0 N–H and O–H groups in total. The van der Waals surface area contributed by atoms with E-state index in [1.54, 1.807) is 31.4 Å². The number of carbonyl (C=O) groups is 1. The van der Waals surface area contributed by atoms with Crippen molar-refractivity contribution in [3.05, 3.63) is 60.0 Å². The topological polar surface area (TPSA) is 62.2 Å². The van der Waals surface area contributed by atoms with E-state index in [0.717, 1.165) is 42.1 Å². The first-order valence-corrected chi connectivity index (χ1v) is 8.77. The Balaban J connectivity index is 1.70. The smallest absolute Gasteiger partial charge is 0.254 e. The van der Waals surface area contributed by atoms with E-state index in [4.69, 9.17) is 4.98 Å². The summed E-state index contributed by atoms with van der Waals surface area (Å²) >= 11 is 0. The van der Waals surface area contributed by atoms with Gasteiger partial charge in [0.1, 0.15) is 0 Å². The predicted molar refractivity (Wildman–Crippen MR) is 101 cm³/mol. The second kappa shape index (κ2) is 6.71. The predicted octanol–water partition coefficient (Wildman–Crippen LogP) is 2.72. The molecule has 6 nitrogen and oxygen atoms in total. The monoisotopic (exact) mass is 347 g/mol. The molecule has 1 aliphatic heterocycles. The fraction of sp³-hybridized carbons (Fsp3) is 0.300. The fourth-order valence-corrected chi connectivity index (χ4v) is 3.46. The summed E-state index contributed by atoms with van der Waals surface area (Å²) in [5.74, 6) is 1.02. The van der Waals surface area contributed by atoms with E-state index in [2.05, 4.69) is 14.9 Å². The van der Waals surface area contributed by atoms with Crippen LogP contribution in [-0.2, 0) is 0 Å². The number of fused-ring (bicyclic) bond motifs is 1. The number of para-hydroxylation sites is 1. The molecule has 0 radical (unpaired) electrons. The van der Waals surface area contributed by atoms with Crippen LogP contribution in [0, 0.1) is 0 Å². The maximum atomic E-state index is 12.7. The van der Waals surface area contributed by atoms with Gasteiger partial charge in [-0.2, -0.15) is 0 Å². The van der Waals surface area contributed by atoms with Crippen molar-refractivity contribution in [3.63, 3.8) is 0 Å². The van der Waals surface area contributed by atoms with Crippen molar-refractivity contribution in [1.82, 2.24) is 19.9 Å². The highest BCUT2D eigenvalue weighted by Gasteiger charge is 2.28. The first-order chi connectivity index (χ1) is 12.6. The van der Waals surface area contributed by atoms with Gasteiger partial charge in [0.15, 0.2) is 0 Å². The summed E-state index contributed by atoms with van der Waals surface area (Å²) in [6.45, 7) is 1.70. The number of pyridine rings is 1. The van der Waals surface area contributed by atoms with Gasteiger partial charge >= 0.3 is 0 Å². The third-order valence-corrected chi connectivity index (χ3v) is 4.81. The minimum atomic E-state index is 0.00564. The fourth-order valence-electron chi connectivity index (χ4n) is 3.46. The molecule has 0 bridgehead atoms. The Kier molecular flexibility index (Phi) is 4.24. The molecule has 1 amide bonds. The van der Waals surface area contributed by atoms with Crippen LogP contribution in [0.1, 0.15) is 28.4 Å². The van der Waals surface area contributed by atoms with Gasteiger partial charge in [-0.3, -0.25) is 9.78 Å². The number of hydrogen-bond acceptors (Lipinski definition) is 5. The quantitative estimate of drug-likeness (QED) is 0.729. The van der Waals surface area contributed by atoms with Crippen LogP contribution in [0.4, 0.5) is 5.95 Å². The van der Waals surface area contributed by atoms with E-state index in [-0.39, 0.29) is 11.8 Å². The van der Waals surface area contributed by atoms with Crippen molar-refractivity contribution in [2.45, 2.75) is 12.3 Å². The summed E-state index contributed by atoms with van der Waals surface area (Å²) in [4.78, 5) is 30.0. The van der Waals surface area contributed by atoms with Gasteiger partial charge in [0, 0.05) is 56.6 Å². The second-order valence-electron chi connectivity index (χ2n) is 6.79. The number of anilines is 1. The summed E-state index contributed by atoms with van der Waals surface area (Å²) < 4.78 is 0. The average molecular weight is 347 g/mol. The Morgan fingerprint density at radius 1 is 1.15 bits per heavy atom. The van der Waals surface area contributed by atoms with Crippen LogP contribution in [0.5, 0.6) is 0 Å². The first-order valence-electron chi connectivity index (χ1n) is 8.77. The molecule has 1 aromatic carbocycles. The third-order valence-electron chi connectivity index (χ3n) is 4.81. The molecule has 4 rings (SSSR count). The van der Waals surface area contributed by atoms with Crippen LogP contribution >= 0.6 is 0 Å². The Hall–Kier alpha value is -3.02. The van der Waals surface area contributed by atoms with Crippen LogP contribution in [0.15, 0.2) is 48.8 Å². The molecular weight excluding hydrogens is 326 g/mol. The number of rotatable bonds is 3. The molecule has 0 spiro atoms. The number of benzene rings is 1. The van der Waals surface area contributed by atoms with Gasteiger partial charge in [0.25, 0.3) is 5.91 Å². The van der Waals surface area contributed by atoms with E-state index < -0.39 is 0 Å². The van der Waals surface area contributed by atoms with E-state index in [0.29, 0.717) is 5.56 Å². The molecule has 0 saturated carbocycles. The summed E-state index contributed by atoms with van der Waals surface area (Å²) in [6, 6.07) is 11.6. The van der Waals surface area contributed by atoms with Crippen LogP contribution in [0.25, 0.3) is 10.9 Å². The normalized spacial score (nSPS) is 16.8. The van der Waals surface area contributed by atoms with Gasteiger partial charge in [-0.05, 0) is 24.6 Å². The maximum absolute atomic E-state index is 12.7. The molecule has 26 heavy (non-hydrogen) atoms. The summed E-state index contributed by atoms with van der Waals surface area (Å²) in [6.07, 6.45) is 4.49. The van der Waals surface area contributed by atoms with Crippen LogP contribution in [0.2, 0.25) is 0 Å². The van der Waals surface area contributed by atoms with Crippen LogP contribution in [0.3, 0.4) is 0 Å². The molecule has 2 aromatic heterocycles. The lowest BCUT2D eigenvalue weighted by Crippen LogP contribution is -2.23. The Morgan fingerprint density at radius 3 is 2.69 bits per heavy atom. The third kappa shape index (κ3) is 2.98. The molecule has 1 unspecified atom stereocenters. The summed E-state index contributed by atoms with van der Waals surface area (Å²) in [7, 11) is 3.56. The highest BCUT2D eigenvalue weighted by atomic mass is 16.2. The van der Waals surface area contributed by atoms with Crippen molar-refractivity contribution in [1.29, 1.82) is 0 Å². The van der Waals surface area contributed by atoms with Crippen molar-refractivity contribution >= 4 is 22.8 Å². The van der Waals surface area contributed by atoms with Gasteiger partial charge in [-0.25, -0.2) is 9.97 Å². The van der Waals surface area contributed by atoms with E-state index in [1.807, 2.05) is 36.4 Å². The molecular formula is C20H21N5O. The summed E-state index contributed by atoms with van der Waals surface area (Å²) in [5, 5.41) is 0.899. The van der Waals surface area contributed by atoms with Crippen molar-refractivity contribution < 1.29 is 4.79 Å². The Morgan fingerprint density at radius 2 is 1.92 bits per heavy atom. The van der Waals surface area contributed by atoms with Gasteiger partial charge in [-0.15, -0.1) is 0 Å². The van der Waals surface area contributed by atoms with Gasteiger partial charge < -0.3 is 9.80 Å². The molecule has 1 fully saturated rings. The number of nitrogens with zero attached hydrogens (tertiary/aromatic N) is 5. The lowest BCUT2D eigenvalue weighted by Gasteiger charge is -2.17. The van der Waals surface area contributed by atoms with E-state index in [9.17, 15) is 4.79 Å². The van der Waals surface area contributed by atoms with Crippen molar-refractivity contribution in [3.8, 4) is 0 Å². The second-order valence-corrected chi connectivity index (χ2v) is 6.79. The Bertz CT molecular complexity index is 941. The highest BCUT2D eigenvalue weighted by Crippen LogP contribution is 2.30. The minimum absolute atomic E-state index is 0.00564. The number of carbonyl (C=O) groups excluding carboxylic acids is 1. The van der Waals surface area contributed by atoms with E-state index in [1.165, 1.54) is 0 Å². The van der Waals surface area contributed by atoms with Crippen molar-refractivity contribution in [2.24, 2.45) is 0 Å². The summed E-state index contributed by atoms with van der Waals surface area (Å²) in [5.41, 5.74) is 2.54. The average Bonchev–Trinajstić information content (AvgIpc) is 3.17. The maximum Gasteiger partial charge on any atom is 0.254 e. The number of aromatic nitrogens is 3. The zero-order chi connectivity index (χ0) is 18.1. The highest BCUT2D eigenvalue weighted by molar-refractivity contribution is 6.06. The zero-order valence-electron chi connectivity index (χ0n) is 15.0. The van der Waals surface area contributed by atoms with Gasteiger partial charge in [0.05, 0.1) is 11.1 Å². The van der Waals surface area contributed by atoms with Crippen molar-refractivity contribution in [2.75, 3.05) is 32.1 Å². The van der Waals surface area contributed by atoms with E-state index >= 15 is 0 Å². The minimum Gasteiger partial charge on any atom is -0.345 e. The molecule has 1 saturated heterocycles. The van der Waals surface area contributed by atoms with Crippen LogP contribution < -0.4 is 4.90 Å².